The van der Waals surface area contributed by atoms with Crippen LogP contribution in [0.15, 0.2) is 24.3 Å². The Morgan fingerprint density at radius 3 is 1.05 bits per heavy atom. The lowest BCUT2D eigenvalue weighted by atomic mass is 10.0. The van der Waals surface area contributed by atoms with Crippen LogP contribution in [-0.4, -0.2) is 22.2 Å². The Kier molecular flexibility index (Phi) is 37.9. The van der Waals surface area contributed by atoms with Crippen molar-refractivity contribution >= 4 is 11.9 Å². The van der Waals surface area contributed by atoms with E-state index in [1.54, 1.807) is 6.08 Å². The van der Waals surface area contributed by atoms with Crippen LogP contribution in [0.2, 0.25) is 0 Å². The SMILES string of the molecule is CCCCCCCCC=CCCCCCCCC(=O)O.CCCCCCCCCCCCCCCC=CC(=O)O. The molecule has 0 aromatic carbocycles. The highest BCUT2D eigenvalue weighted by Crippen LogP contribution is 2.13. The molecule has 0 rings (SSSR count). The predicted molar refractivity (Wildman–Crippen MR) is 174 cm³/mol. The van der Waals surface area contributed by atoms with Gasteiger partial charge in [0.2, 0.25) is 0 Å². The molecular formula is C36H68O4. The summed E-state index contributed by atoms with van der Waals surface area (Å²) in [4.78, 5) is 20.6. The number of hydrogen-bond donors (Lipinski definition) is 2. The molecule has 0 aromatic heterocycles. The molecule has 0 spiro atoms. The molecule has 0 amide bonds. The first-order valence-corrected chi connectivity index (χ1v) is 17.3. The number of allylic oxidation sites excluding steroid dienone is 3. The van der Waals surface area contributed by atoms with E-state index in [1.165, 1.54) is 154 Å². The van der Waals surface area contributed by atoms with Gasteiger partial charge in [-0.3, -0.25) is 4.79 Å². The van der Waals surface area contributed by atoms with Crippen LogP contribution in [-0.2, 0) is 9.59 Å². The fourth-order valence-corrected chi connectivity index (χ4v) is 4.81. The zero-order valence-corrected chi connectivity index (χ0v) is 26.8. The largest absolute Gasteiger partial charge is 0.481 e. The summed E-state index contributed by atoms with van der Waals surface area (Å²) in [6.07, 6.45) is 42.8. The van der Waals surface area contributed by atoms with Crippen LogP contribution in [0.3, 0.4) is 0 Å². The summed E-state index contributed by atoms with van der Waals surface area (Å²) in [7, 11) is 0. The second kappa shape index (κ2) is 37.4. The van der Waals surface area contributed by atoms with Gasteiger partial charge >= 0.3 is 11.9 Å². The molecule has 0 aliphatic heterocycles. The standard InChI is InChI=1S/2C18H34O2/c2*1-2-3-4-5-6-7-8-9-10-11-12-13-14-15-16-17-18(19)20/h16-17H,2-15H2,1H3,(H,19,20);9-10H,2-8,11-17H2,1H3,(H,19,20). The van der Waals surface area contributed by atoms with Crippen LogP contribution in [0.4, 0.5) is 0 Å². The van der Waals surface area contributed by atoms with Crippen molar-refractivity contribution in [2.45, 2.75) is 194 Å². The summed E-state index contributed by atoms with van der Waals surface area (Å²) in [5, 5.41) is 16.9. The van der Waals surface area contributed by atoms with E-state index in [1.807, 2.05) is 0 Å². The zero-order valence-electron chi connectivity index (χ0n) is 26.8. The normalized spacial score (nSPS) is 11.2. The predicted octanol–water partition coefficient (Wildman–Crippen LogP) is 12.2. The third-order valence-electron chi connectivity index (χ3n) is 7.39. The van der Waals surface area contributed by atoms with Gasteiger partial charge in [0, 0.05) is 12.5 Å². The molecule has 236 valence electrons. The highest BCUT2D eigenvalue weighted by Gasteiger charge is 1.96. The molecule has 0 aliphatic rings. The maximum absolute atomic E-state index is 10.3. The molecule has 0 bridgehead atoms. The van der Waals surface area contributed by atoms with Gasteiger partial charge in [0.25, 0.3) is 0 Å². The van der Waals surface area contributed by atoms with Crippen LogP contribution in [0.25, 0.3) is 0 Å². The van der Waals surface area contributed by atoms with Gasteiger partial charge in [-0.05, 0) is 44.9 Å². The molecule has 0 saturated heterocycles. The third-order valence-corrected chi connectivity index (χ3v) is 7.39. The Balaban J connectivity index is 0. The molecule has 4 nitrogen and oxygen atoms in total. The number of aliphatic carboxylic acids is 2. The van der Waals surface area contributed by atoms with E-state index in [9.17, 15) is 9.59 Å². The van der Waals surface area contributed by atoms with Crippen LogP contribution >= 0.6 is 0 Å². The first-order chi connectivity index (χ1) is 19.5. The zero-order chi connectivity index (χ0) is 29.8. The second-order valence-corrected chi connectivity index (χ2v) is 11.5. The van der Waals surface area contributed by atoms with Crippen molar-refractivity contribution in [2.75, 3.05) is 0 Å². The average Bonchev–Trinajstić information content (AvgIpc) is 2.93. The molecule has 0 saturated carbocycles. The number of carboxylic acid groups (broad SMARTS) is 2. The summed E-state index contributed by atoms with van der Waals surface area (Å²) < 4.78 is 0. The van der Waals surface area contributed by atoms with E-state index in [-0.39, 0.29) is 0 Å². The number of carboxylic acids is 2. The van der Waals surface area contributed by atoms with Crippen LogP contribution in [0, 0.1) is 0 Å². The van der Waals surface area contributed by atoms with Crippen molar-refractivity contribution < 1.29 is 19.8 Å². The Bertz CT molecular complexity index is 567. The summed E-state index contributed by atoms with van der Waals surface area (Å²) in [5.74, 6) is -1.50. The molecule has 0 radical (unpaired) electrons. The lowest BCUT2D eigenvalue weighted by molar-refractivity contribution is -0.137. The van der Waals surface area contributed by atoms with E-state index in [4.69, 9.17) is 10.2 Å². The quantitative estimate of drug-likeness (QED) is 0.0517. The molecule has 0 aliphatic carbocycles. The Labute approximate surface area is 249 Å². The van der Waals surface area contributed by atoms with Crippen molar-refractivity contribution in [3.8, 4) is 0 Å². The first kappa shape index (κ1) is 40.6. The summed E-state index contributed by atoms with van der Waals surface area (Å²) in [5.41, 5.74) is 0. The molecular weight excluding hydrogens is 496 g/mol. The molecule has 0 fully saturated rings. The van der Waals surface area contributed by atoms with Gasteiger partial charge in [0.15, 0.2) is 0 Å². The smallest absolute Gasteiger partial charge is 0.327 e. The van der Waals surface area contributed by atoms with E-state index in [0.29, 0.717) is 6.42 Å². The third kappa shape index (κ3) is 43.5. The second-order valence-electron chi connectivity index (χ2n) is 11.5. The minimum atomic E-state index is -0.834. The first-order valence-electron chi connectivity index (χ1n) is 17.3. The Morgan fingerprint density at radius 1 is 0.425 bits per heavy atom. The topological polar surface area (TPSA) is 74.6 Å². The van der Waals surface area contributed by atoms with Gasteiger partial charge in [-0.2, -0.15) is 0 Å². The Hall–Kier alpha value is -1.58. The number of unbranched alkanes of at least 4 members (excludes halogenated alkanes) is 24. The van der Waals surface area contributed by atoms with Crippen molar-refractivity contribution in [1.29, 1.82) is 0 Å². The number of carbonyl (C=O) groups is 2. The van der Waals surface area contributed by atoms with Crippen LogP contribution < -0.4 is 0 Å². The van der Waals surface area contributed by atoms with E-state index in [0.717, 1.165) is 25.7 Å². The van der Waals surface area contributed by atoms with E-state index in [2.05, 4.69) is 26.0 Å². The molecule has 0 heterocycles. The molecule has 2 N–H and O–H groups in total. The highest BCUT2D eigenvalue weighted by molar-refractivity contribution is 5.79. The minimum absolute atomic E-state index is 0.332. The van der Waals surface area contributed by atoms with Gasteiger partial charge in [0.1, 0.15) is 0 Å². The van der Waals surface area contributed by atoms with Crippen LogP contribution in [0.1, 0.15) is 194 Å². The fourth-order valence-electron chi connectivity index (χ4n) is 4.81. The monoisotopic (exact) mass is 565 g/mol. The number of rotatable bonds is 30. The Morgan fingerprint density at radius 2 is 0.725 bits per heavy atom. The molecule has 0 unspecified atom stereocenters. The fraction of sp³-hybridized carbons (Fsp3) is 0.833. The van der Waals surface area contributed by atoms with E-state index >= 15 is 0 Å². The van der Waals surface area contributed by atoms with Gasteiger partial charge in [-0.25, -0.2) is 4.79 Å². The lowest BCUT2D eigenvalue weighted by Crippen LogP contribution is -1.93. The summed E-state index contributed by atoms with van der Waals surface area (Å²) in [6, 6.07) is 0. The molecule has 0 atom stereocenters. The van der Waals surface area contributed by atoms with E-state index < -0.39 is 11.9 Å². The summed E-state index contributed by atoms with van der Waals surface area (Å²) in [6.45, 7) is 4.53. The van der Waals surface area contributed by atoms with Crippen molar-refractivity contribution in [1.82, 2.24) is 0 Å². The molecule has 40 heavy (non-hydrogen) atoms. The lowest BCUT2D eigenvalue weighted by Gasteiger charge is -2.02. The highest BCUT2D eigenvalue weighted by atomic mass is 16.4. The molecule has 4 heteroatoms. The van der Waals surface area contributed by atoms with Crippen molar-refractivity contribution in [3.05, 3.63) is 24.3 Å². The van der Waals surface area contributed by atoms with Gasteiger partial charge in [0.05, 0.1) is 0 Å². The van der Waals surface area contributed by atoms with Crippen LogP contribution in [0.5, 0.6) is 0 Å². The summed E-state index contributed by atoms with van der Waals surface area (Å²) >= 11 is 0. The maximum Gasteiger partial charge on any atom is 0.327 e. The van der Waals surface area contributed by atoms with Crippen molar-refractivity contribution in [2.24, 2.45) is 0 Å². The van der Waals surface area contributed by atoms with Crippen molar-refractivity contribution in [3.63, 3.8) is 0 Å². The minimum Gasteiger partial charge on any atom is -0.481 e. The molecule has 0 aromatic rings. The van der Waals surface area contributed by atoms with Gasteiger partial charge in [-0.15, -0.1) is 0 Å². The number of hydrogen-bond acceptors (Lipinski definition) is 2. The maximum atomic E-state index is 10.3. The average molecular weight is 565 g/mol. The van der Waals surface area contributed by atoms with Gasteiger partial charge in [-0.1, -0.05) is 160 Å². The van der Waals surface area contributed by atoms with Gasteiger partial charge < -0.3 is 10.2 Å².